The fourth-order valence-electron chi connectivity index (χ4n) is 2.62. The number of fused-ring (bicyclic) bond motifs is 1. The Balaban J connectivity index is 1.79. The second-order valence-corrected chi connectivity index (χ2v) is 7.09. The van der Waals surface area contributed by atoms with E-state index in [4.69, 9.17) is 16.3 Å². The van der Waals surface area contributed by atoms with E-state index in [2.05, 4.69) is 15.7 Å². The van der Waals surface area contributed by atoms with Crippen LogP contribution in [-0.4, -0.2) is 41.9 Å². The van der Waals surface area contributed by atoms with Crippen LogP contribution in [0.15, 0.2) is 24.3 Å². The van der Waals surface area contributed by atoms with Gasteiger partial charge in [0.05, 0.1) is 22.9 Å². The Morgan fingerprint density at radius 2 is 2.15 bits per heavy atom. The fraction of sp³-hybridized carbons (Fsp3) is 0.353. The number of hydrogen-bond acceptors (Lipinski definition) is 5. The molecule has 2 heterocycles. The Morgan fingerprint density at radius 1 is 1.35 bits per heavy atom. The van der Waals surface area contributed by atoms with Crippen molar-refractivity contribution in [3.8, 4) is 0 Å². The standard InChI is InChI=1S/C17H19ClN4O3S/c1-25-7-6-19-15(23)8-22-16(12-9-26-10-14(12)21-22)20-17(24)11-4-2-3-5-13(11)18/h2-5H,6-10H2,1H3,(H,19,23)(H,20,24). The van der Waals surface area contributed by atoms with Gasteiger partial charge in [0.1, 0.15) is 12.4 Å². The van der Waals surface area contributed by atoms with Gasteiger partial charge in [-0.25, -0.2) is 4.68 Å². The molecular weight excluding hydrogens is 376 g/mol. The number of carbonyl (C=O) groups excluding carboxylic acids is 2. The molecule has 0 fully saturated rings. The summed E-state index contributed by atoms with van der Waals surface area (Å²) in [6.07, 6.45) is 0. The van der Waals surface area contributed by atoms with E-state index in [1.54, 1.807) is 47.8 Å². The van der Waals surface area contributed by atoms with Gasteiger partial charge in [0.15, 0.2) is 0 Å². The van der Waals surface area contributed by atoms with Gasteiger partial charge in [0.2, 0.25) is 5.91 Å². The highest BCUT2D eigenvalue weighted by Crippen LogP contribution is 2.35. The molecule has 0 bridgehead atoms. The van der Waals surface area contributed by atoms with Crippen LogP contribution in [0.1, 0.15) is 21.6 Å². The van der Waals surface area contributed by atoms with Crippen molar-refractivity contribution in [2.75, 3.05) is 25.6 Å². The normalized spacial score (nSPS) is 12.7. The van der Waals surface area contributed by atoms with E-state index in [1.807, 2.05) is 0 Å². The predicted molar refractivity (Wildman–Crippen MR) is 102 cm³/mol. The van der Waals surface area contributed by atoms with Crippen molar-refractivity contribution in [3.63, 3.8) is 0 Å². The van der Waals surface area contributed by atoms with Crippen molar-refractivity contribution >= 4 is 41.0 Å². The molecule has 7 nitrogen and oxygen atoms in total. The van der Waals surface area contributed by atoms with Crippen molar-refractivity contribution in [2.24, 2.45) is 0 Å². The molecule has 2 aromatic rings. The van der Waals surface area contributed by atoms with Crippen LogP contribution >= 0.6 is 23.4 Å². The number of ether oxygens (including phenoxy) is 1. The summed E-state index contributed by atoms with van der Waals surface area (Å²) in [4.78, 5) is 24.7. The monoisotopic (exact) mass is 394 g/mol. The molecule has 0 aliphatic carbocycles. The Morgan fingerprint density at radius 3 is 2.92 bits per heavy atom. The summed E-state index contributed by atoms with van der Waals surface area (Å²) in [6, 6.07) is 6.84. The summed E-state index contributed by atoms with van der Waals surface area (Å²) in [5, 5.41) is 10.5. The summed E-state index contributed by atoms with van der Waals surface area (Å²) in [5.41, 5.74) is 2.24. The van der Waals surface area contributed by atoms with Gasteiger partial charge in [-0.15, -0.1) is 0 Å². The number of amides is 2. The van der Waals surface area contributed by atoms with Crippen molar-refractivity contribution in [1.29, 1.82) is 0 Å². The molecule has 0 atom stereocenters. The number of carbonyl (C=O) groups is 2. The van der Waals surface area contributed by atoms with Crippen LogP contribution < -0.4 is 10.6 Å². The number of aromatic nitrogens is 2. The van der Waals surface area contributed by atoms with Gasteiger partial charge >= 0.3 is 0 Å². The number of thioether (sulfide) groups is 1. The molecule has 26 heavy (non-hydrogen) atoms. The van der Waals surface area contributed by atoms with Crippen LogP contribution in [0.25, 0.3) is 0 Å². The van der Waals surface area contributed by atoms with Gasteiger partial charge in [0, 0.05) is 30.7 Å². The molecular formula is C17H19ClN4O3S. The number of hydrogen-bond donors (Lipinski definition) is 2. The highest BCUT2D eigenvalue weighted by molar-refractivity contribution is 7.98. The Hall–Kier alpha value is -2.03. The minimum atomic E-state index is -0.323. The Bertz CT molecular complexity index is 824. The first kappa shape index (κ1) is 18.8. The summed E-state index contributed by atoms with van der Waals surface area (Å²) in [7, 11) is 1.57. The van der Waals surface area contributed by atoms with Crippen molar-refractivity contribution in [1.82, 2.24) is 15.1 Å². The minimum Gasteiger partial charge on any atom is -0.383 e. The number of nitrogens with one attached hydrogen (secondary N) is 2. The minimum absolute atomic E-state index is 0.0273. The van der Waals surface area contributed by atoms with Crippen molar-refractivity contribution < 1.29 is 14.3 Å². The Labute approximate surface area is 160 Å². The van der Waals surface area contributed by atoms with Crippen LogP contribution in [0.4, 0.5) is 5.82 Å². The van der Waals surface area contributed by atoms with E-state index in [-0.39, 0.29) is 18.4 Å². The van der Waals surface area contributed by atoms with Gasteiger partial charge in [-0.1, -0.05) is 23.7 Å². The fourth-order valence-corrected chi connectivity index (χ4v) is 3.88. The average molecular weight is 395 g/mol. The third kappa shape index (κ3) is 4.20. The first-order valence-electron chi connectivity index (χ1n) is 8.08. The lowest BCUT2D eigenvalue weighted by Gasteiger charge is -2.12. The van der Waals surface area contributed by atoms with E-state index in [0.717, 1.165) is 22.8 Å². The zero-order valence-corrected chi connectivity index (χ0v) is 15.8. The summed E-state index contributed by atoms with van der Waals surface area (Å²) in [5.74, 6) is 1.55. The van der Waals surface area contributed by atoms with E-state index in [1.165, 1.54) is 0 Å². The van der Waals surface area contributed by atoms with Gasteiger partial charge in [0.25, 0.3) is 5.91 Å². The summed E-state index contributed by atoms with van der Waals surface area (Å²) in [6.45, 7) is 0.890. The van der Waals surface area contributed by atoms with Gasteiger partial charge in [-0.2, -0.15) is 16.9 Å². The quantitative estimate of drug-likeness (QED) is 0.704. The van der Waals surface area contributed by atoms with E-state index >= 15 is 0 Å². The lowest BCUT2D eigenvalue weighted by molar-refractivity contribution is -0.122. The summed E-state index contributed by atoms with van der Waals surface area (Å²) >= 11 is 7.83. The number of anilines is 1. The molecule has 1 aliphatic rings. The number of benzene rings is 1. The maximum atomic E-state index is 12.6. The second-order valence-electron chi connectivity index (χ2n) is 5.70. The largest absolute Gasteiger partial charge is 0.383 e. The van der Waals surface area contributed by atoms with E-state index < -0.39 is 0 Å². The van der Waals surface area contributed by atoms with Gasteiger partial charge in [-0.05, 0) is 12.1 Å². The lowest BCUT2D eigenvalue weighted by Crippen LogP contribution is -2.31. The number of nitrogens with zero attached hydrogens (tertiary/aromatic N) is 2. The van der Waals surface area contributed by atoms with Crippen LogP contribution in [-0.2, 0) is 27.6 Å². The zero-order chi connectivity index (χ0) is 18.5. The highest BCUT2D eigenvalue weighted by atomic mass is 35.5. The first-order chi connectivity index (χ1) is 12.6. The molecule has 2 N–H and O–H groups in total. The van der Waals surface area contributed by atoms with E-state index in [0.29, 0.717) is 29.6 Å². The first-order valence-corrected chi connectivity index (χ1v) is 9.61. The Kier molecular flexibility index (Phi) is 6.18. The molecule has 3 rings (SSSR count). The number of rotatable bonds is 7. The van der Waals surface area contributed by atoms with E-state index in [9.17, 15) is 9.59 Å². The molecule has 0 saturated carbocycles. The third-order valence-corrected chi connectivity index (χ3v) is 5.19. The maximum Gasteiger partial charge on any atom is 0.258 e. The molecule has 2 amide bonds. The average Bonchev–Trinajstić information content (AvgIpc) is 3.18. The molecule has 0 unspecified atom stereocenters. The number of methoxy groups -OCH3 is 1. The lowest BCUT2D eigenvalue weighted by atomic mass is 10.2. The number of halogens is 1. The predicted octanol–water partition coefficient (Wildman–Crippen LogP) is 2.30. The molecule has 0 saturated heterocycles. The zero-order valence-electron chi connectivity index (χ0n) is 14.3. The van der Waals surface area contributed by atoms with Crippen molar-refractivity contribution in [3.05, 3.63) is 46.1 Å². The third-order valence-electron chi connectivity index (χ3n) is 3.89. The SMILES string of the molecule is COCCNC(=O)Cn1nc2c(c1NC(=O)c1ccccc1Cl)CSC2. The second kappa shape index (κ2) is 8.57. The highest BCUT2D eigenvalue weighted by Gasteiger charge is 2.25. The molecule has 0 radical (unpaired) electrons. The molecule has 1 aromatic carbocycles. The molecule has 0 spiro atoms. The van der Waals surface area contributed by atoms with Crippen molar-refractivity contribution in [2.45, 2.75) is 18.1 Å². The smallest absolute Gasteiger partial charge is 0.258 e. The van der Waals surface area contributed by atoms with Gasteiger partial charge in [-0.3, -0.25) is 9.59 Å². The van der Waals surface area contributed by atoms with Crippen LogP contribution in [0, 0.1) is 0 Å². The topological polar surface area (TPSA) is 85.2 Å². The van der Waals surface area contributed by atoms with Crippen LogP contribution in [0.2, 0.25) is 5.02 Å². The molecule has 138 valence electrons. The maximum absolute atomic E-state index is 12.6. The molecule has 1 aromatic heterocycles. The van der Waals surface area contributed by atoms with Crippen LogP contribution in [0.3, 0.4) is 0 Å². The van der Waals surface area contributed by atoms with Gasteiger partial charge < -0.3 is 15.4 Å². The molecule has 9 heteroatoms. The molecule has 1 aliphatic heterocycles. The van der Waals surface area contributed by atoms with Crippen LogP contribution in [0.5, 0.6) is 0 Å². The summed E-state index contributed by atoms with van der Waals surface area (Å²) < 4.78 is 6.46.